The molecule has 1 aromatic carbocycles. The molecule has 0 bridgehead atoms. The zero-order valence-electron chi connectivity index (χ0n) is 10.5. The van der Waals surface area contributed by atoms with Gasteiger partial charge in [0.1, 0.15) is 5.82 Å². The molecule has 4 heteroatoms. The van der Waals surface area contributed by atoms with Gasteiger partial charge in [0.2, 0.25) is 0 Å². The van der Waals surface area contributed by atoms with E-state index in [1.54, 1.807) is 20.3 Å². The number of hydrogen-bond acceptors (Lipinski definition) is 3. The third-order valence-corrected chi connectivity index (χ3v) is 2.58. The first kappa shape index (κ1) is 14.1. The Morgan fingerprint density at radius 2 is 1.65 bits per heavy atom. The highest BCUT2D eigenvalue weighted by Gasteiger charge is 2.08. The van der Waals surface area contributed by atoms with Crippen LogP contribution in [0.2, 0.25) is 0 Å². The topological polar surface area (TPSA) is 21.7 Å². The molecule has 17 heavy (non-hydrogen) atoms. The van der Waals surface area contributed by atoms with E-state index in [-0.39, 0.29) is 5.82 Å². The van der Waals surface area contributed by atoms with Crippen molar-refractivity contribution >= 4 is 0 Å². The van der Waals surface area contributed by atoms with Gasteiger partial charge in [-0.05, 0) is 6.07 Å². The molecule has 0 spiro atoms. The summed E-state index contributed by atoms with van der Waals surface area (Å²) in [7, 11) is 3.33. The molecule has 1 aromatic rings. The Kier molecular flexibility index (Phi) is 6.77. The van der Waals surface area contributed by atoms with E-state index in [4.69, 9.17) is 9.47 Å². The maximum Gasteiger partial charge on any atom is 0.127 e. The van der Waals surface area contributed by atoms with Crippen LogP contribution in [0, 0.1) is 5.82 Å². The number of ether oxygens (including phenoxy) is 2. The normalized spacial score (nSPS) is 11.1. The summed E-state index contributed by atoms with van der Waals surface area (Å²) in [6.07, 6.45) is 0. The molecule has 1 rings (SSSR count). The monoisotopic (exact) mass is 241 g/mol. The Morgan fingerprint density at radius 3 is 2.18 bits per heavy atom. The van der Waals surface area contributed by atoms with Gasteiger partial charge in [-0.25, -0.2) is 4.39 Å². The number of hydrogen-bond donors (Lipinski definition) is 0. The van der Waals surface area contributed by atoms with Crippen LogP contribution < -0.4 is 0 Å². The van der Waals surface area contributed by atoms with E-state index in [1.165, 1.54) is 6.07 Å². The fraction of sp³-hybridized carbons (Fsp3) is 0.538. The molecule has 96 valence electrons. The summed E-state index contributed by atoms with van der Waals surface area (Å²) < 4.78 is 23.6. The van der Waals surface area contributed by atoms with Gasteiger partial charge >= 0.3 is 0 Å². The van der Waals surface area contributed by atoms with Crippen molar-refractivity contribution in [3.8, 4) is 0 Å². The predicted octanol–water partition coefficient (Wildman–Crippen LogP) is 1.92. The first-order valence-electron chi connectivity index (χ1n) is 5.71. The van der Waals surface area contributed by atoms with Gasteiger partial charge in [-0.2, -0.15) is 0 Å². The van der Waals surface area contributed by atoms with Gasteiger partial charge in [-0.3, -0.25) is 4.90 Å². The van der Waals surface area contributed by atoms with Crippen molar-refractivity contribution < 1.29 is 13.9 Å². The molecule has 0 aliphatic heterocycles. The zero-order chi connectivity index (χ0) is 12.5. The summed E-state index contributed by atoms with van der Waals surface area (Å²) in [4.78, 5) is 2.12. The molecule has 0 aromatic heterocycles. The first-order valence-corrected chi connectivity index (χ1v) is 5.71. The second kappa shape index (κ2) is 8.17. The number of rotatable bonds is 8. The molecular weight excluding hydrogens is 221 g/mol. The van der Waals surface area contributed by atoms with Gasteiger partial charge in [-0.1, -0.05) is 18.2 Å². The highest BCUT2D eigenvalue weighted by atomic mass is 19.1. The van der Waals surface area contributed by atoms with Crippen LogP contribution >= 0.6 is 0 Å². The summed E-state index contributed by atoms with van der Waals surface area (Å²) in [5.74, 6) is -0.160. The van der Waals surface area contributed by atoms with Gasteiger partial charge in [0.25, 0.3) is 0 Å². The van der Waals surface area contributed by atoms with Crippen LogP contribution in [0.5, 0.6) is 0 Å². The number of halogens is 1. The average Bonchev–Trinajstić information content (AvgIpc) is 2.35. The summed E-state index contributed by atoms with van der Waals surface area (Å²) in [6, 6.07) is 6.85. The van der Waals surface area contributed by atoms with Crippen LogP contribution in [0.1, 0.15) is 5.56 Å². The van der Waals surface area contributed by atoms with Crippen LogP contribution in [0.15, 0.2) is 24.3 Å². The standard InChI is InChI=1S/C13H20FNO2/c1-16-9-7-15(8-10-17-2)11-12-5-3-4-6-13(12)14/h3-6H,7-11H2,1-2H3. The van der Waals surface area contributed by atoms with Crippen LogP contribution in [-0.4, -0.2) is 45.4 Å². The van der Waals surface area contributed by atoms with Crippen molar-refractivity contribution in [3.05, 3.63) is 35.6 Å². The Hall–Kier alpha value is -0.970. The van der Waals surface area contributed by atoms with Crippen LogP contribution in [-0.2, 0) is 16.0 Å². The van der Waals surface area contributed by atoms with Gasteiger partial charge < -0.3 is 9.47 Å². The van der Waals surface area contributed by atoms with Gasteiger partial charge in [0.05, 0.1) is 13.2 Å². The molecule has 0 unspecified atom stereocenters. The largest absolute Gasteiger partial charge is 0.383 e. The van der Waals surface area contributed by atoms with E-state index in [0.29, 0.717) is 25.3 Å². The average molecular weight is 241 g/mol. The van der Waals surface area contributed by atoms with Gasteiger partial charge in [-0.15, -0.1) is 0 Å². The van der Waals surface area contributed by atoms with E-state index in [2.05, 4.69) is 4.90 Å². The minimum absolute atomic E-state index is 0.160. The first-order chi connectivity index (χ1) is 8.27. The van der Waals surface area contributed by atoms with Crippen LogP contribution in [0.4, 0.5) is 4.39 Å². The highest BCUT2D eigenvalue weighted by molar-refractivity contribution is 5.17. The van der Waals surface area contributed by atoms with Gasteiger partial charge in [0, 0.05) is 39.4 Å². The van der Waals surface area contributed by atoms with Crippen molar-refractivity contribution in [2.75, 3.05) is 40.5 Å². The third-order valence-electron chi connectivity index (χ3n) is 2.58. The molecule has 0 N–H and O–H groups in total. The Balaban J connectivity index is 2.55. The lowest BCUT2D eigenvalue weighted by molar-refractivity contribution is 0.109. The fourth-order valence-corrected chi connectivity index (χ4v) is 1.58. The van der Waals surface area contributed by atoms with Crippen LogP contribution in [0.25, 0.3) is 0 Å². The lowest BCUT2D eigenvalue weighted by atomic mass is 10.2. The lowest BCUT2D eigenvalue weighted by Crippen LogP contribution is -2.30. The molecule has 0 radical (unpaired) electrons. The maximum atomic E-state index is 13.5. The van der Waals surface area contributed by atoms with Crippen molar-refractivity contribution in [2.45, 2.75) is 6.54 Å². The quantitative estimate of drug-likeness (QED) is 0.694. The van der Waals surface area contributed by atoms with E-state index < -0.39 is 0 Å². The number of nitrogens with zero attached hydrogens (tertiary/aromatic N) is 1. The van der Waals surface area contributed by atoms with E-state index in [9.17, 15) is 4.39 Å². The molecule has 3 nitrogen and oxygen atoms in total. The lowest BCUT2D eigenvalue weighted by Gasteiger charge is -2.21. The Bertz CT molecular complexity index is 312. The van der Waals surface area contributed by atoms with E-state index in [1.807, 2.05) is 12.1 Å². The number of benzene rings is 1. The van der Waals surface area contributed by atoms with Gasteiger partial charge in [0.15, 0.2) is 0 Å². The summed E-state index contributed by atoms with van der Waals surface area (Å²) in [5.41, 5.74) is 0.708. The molecular formula is C13H20FNO2. The molecule has 0 heterocycles. The molecule has 0 atom stereocenters. The van der Waals surface area contributed by atoms with Crippen molar-refractivity contribution in [1.82, 2.24) is 4.90 Å². The molecule has 0 aliphatic carbocycles. The second-order valence-electron chi connectivity index (χ2n) is 3.85. The molecule has 0 saturated carbocycles. The molecule has 0 aliphatic rings. The van der Waals surface area contributed by atoms with Crippen LogP contribution in [0.3, 0.4) is 0 Å². The minimum atomic E-state index is -0.160. The SMILES string of the molecule is COCCN(CCOC)Cc1ccccc1F. The van der Waals surface area contributed by atoms with E-state index in [0.717, 1.165) is 13.1 Å². The predicted molar refractivity (Wildman–Crippen MR) is 65.4 cm³/mol. The van der Waals surface area contributed by atoms with E-state index >= 15 is 0 Å². The second-order valence-corrected chi connectivity index (χ2v) is 3.85. The summed E-state index contributed by atoms with van der Waals surface area (Å²) in [6.45, 7) is 3.40. The number of methoxy groups -OCH3 is 2. The smallest absolute Gasteiger partial charge is 0.127 e. The summed E-state index contributed by atoms with van der Waals surface area (Å²) in [5, 5.41) is 0. The molecule has 0 saturated heterocycles. The van der Waals surface area contributed by atoms with Crippen molar-refractivity contribution in [2.24, 2.45) is 0 Å². The highest BCUT2D eigenvalue weighted by Crippen LogP contribution is 2.09. The molecule has 0 fully saturated rings. The van der Waals surface area contributed by atoms with Crippen molar-refractivity contribution in [1.29, 1.82) is 0 Å². The third kappa shape index (κ3) is 5.26. The van der Waals surface area contributed by atoms with Crippen molar-refractivity contribution in [3.63, 3.8) is 0 Å². The zero-order valence-corrected chi connectivity index (χ0v) is 10.5. The maximum absolute atomic E-state index is 13.5. The minimum Gasteiger partial charge on any atom is -0.383 e. The Morgan fingerprint density at radius 1 is 1.06 bits per heavy atom. The summed E-state index contributed by atoms with van der Waals surface area (Å²) >= 11 is 0. The molecule has 0 amide bonds. The fourth-order valence-electron chi connectivity index (χ4n) is 1.58. The Labute approximate surface area is 102 Å².